The molecule has 2 rings (SSSR count). The summed E-state index contributed by atoms with van der Waals surface area (Å²) in [4.78, 5) is 12.5. The number of nitro groups is 1. The van der Waals surface area contributed by atoms with Crippen LogP contribution < -0.4 is 5.32 Å². The van der Waals surface area contributed by atoms with E-state index in [0.29, 0.717) is 11.3 Å². The summed E-state index contributed by atoms with van der Waals surface area (Å²) in [5.74, 6) is 0. The molecule has 0 amide bonds. The highest BCUT2D eigenvalue weighted by Gasteiger charge is 2.35. The predicted molar refractivity (Wildman–Crippen MR) is 81.2 cm³/mol. The molecule has 0 saturated heterocycles. The summed E-state index contributed by atoms with van der Waals surface area (Å²) in [6.45, 7) is 0.743. The molecule has 6 nitrogen and oxygen atoms in total. The van der Waals surface area contributed by atoms with Crippen molar-refractivity contribution in [3.05, 3.63) is 33.9 Å². The standard InChI is InChI=1S/C15H20N4O2/c1-18(2)15(7-3-4-8-15)11-17-14-6-5-13(19(20)21)9-12(14)10-16/h5-6,9,17H,3-4,7-8,11H2,1-2H3. The maximum Gasteiger partial charge on any atom is 0.270 e. The van der Waals surface area contributed by atoms with Crippen LogP contribution in [0.5, 0.6) is 0 Å². The minimum atomic E-state index is -0.483. The molecule has 1 N–H and O–H groups in total. The maximum atomic E-state index is 10.8. The van der Waals surface area contributed by atoms with Crippen LogP contribution in [0.1, 0.15) is 31.2 Å². The van der Waals surface area contributed by atoms with Crippen LogP contribution in [0.3, 0.4) is 0 Å². The average Bonchev–Trinajstić information content (AvgIpc) is 2.95. The molecule has 0 aromatic heterocycles. The van der Waals surface area contributed by atoms with E-state index < -0.39 is 4.92 Å². The molecule has 0 heterocycles. The van der Waals surface area contributed by atoms with Crippen LogP contribution in [0.2, 0.25) is 0 Å². The Labute approximate surface area is 124 Å². The Morgan fingerprint density at radius 2 is 2.10 bits per heavy atom. The van der Waals surface area contributed by atoms with Crippen molar-refractivity contribution in [1.82, 2.24) is 4.90 Å². The number of anilines is 1. The van der Waals surface area contributed by atoms with Gasteiger partial charge in [0.25, 0.3) is 5.69 Å². The van der Waals surface area contributed by atoms with Crippen molar-refractivity contribution in [2.45, 2.75) is 31.2 Å². The number of likely N-dealkylation sites (N-methyl/N-ethyl adjacent to an activating group) is 1. The van der Waals surface area contributed by atoms with Crippen LogP contribution in [0, 0.1) is 21.4 Å². The summed E-state index contributed by atoms with van der Waals surface area (Å²) in [6, 6.07) is 6.40. The SMILES string of the molecule is CN(C)C1(CNc2ccc([N+](=O)[O-])cc2C#N)CCCC1. The molecule has 1 aliphatic rings. The number of nitrogens with zero attached hydrogens (tertiary/aromatic N) is 3. The fourth-order valence-electron chi connectivity index (χ4n) is 2.97. The van der Waals surface area contributed by atoms with Crippen LogP contribution in [-0.2, 0) is 0 Å². The first-order chi connectivity index (χ1) is 9.98. The monoisotopic (exact) mass is 288 g/mol. The highest BCUT2D eigenvalue weighted by atomic mass is 16.6. The molecule has 0 aliphatic heterocycles. The van der Waals surface area contributed by atoms with E-state index in [9.17, 15) is 10.1 Å². The Morgan fingerprint density at radius 3 is 2.62 bits per heavy atom. The average molecular weight is 288 g/mol. The second kappa shape index (κ2) is 6.10. The van der Waals surface area contributed by atoms with E-state index in [-0.39, 0.29) is 11.2 Å². The van der Waals surface area contributed by atoms with Gasteiger partial charge in [-0.2, -0.15) is 5.26 Å². The van der Waals surface area contributed by atoms with Gasteiger partial charge in [-0.25, -0.2) is 0 Å². The van der Waals surface area contributed by atoms with Crippen molar-refractivity contribution in [2.24, 2.45) is 0 Å². The Kier molecular flexibility index (Phi) is 4.43. The fourth-order valence-corrected chi connectivity index (χ4v) is 2.97. The number of benzene rings is 1. The van der Waals surface area contributed by atoms with Gasteiger partial charge < -0.3 is 10.2 Å². The molecule has 0 bridgehead atoms. The maximum absolute atomic E-state index is 10.8. The van der Waals surface area contributed by atoms with Crippen molar-refractivity contribution >= 4 is 11.4 Å². The zero-order valence-corrected chi connectivity index (χ0v) is 12.4. The van der Waals surface area contributed by atoms with Gasteiger partial charge in [0.1, 0.15) is 6.07 Å². The minimum Gasteiger partial charge on any atom is -0.382 e. The van der Waals surface area contributed by atoms with Crippen LogP contribution in [0.4, 0.5) is 11.4 Å². The van der Waals surface area contributed by atoms with Gasteiger partial charge in [0, 0.05) is 24.2 Å². The van der Waals surface area contributed by atoms with Crippen LogP contribution >= 0.6 is 0 Å². The number of nitriles is 1. The number of hydrogen-bond acceptors (Lipinski definition) is 5. The van der Waals surface area contributed by atoms with E-state index in [1.54, 1.807) is 6.07 Å². The van der Waals surface area contributed by atoms with Crippen molar-refractivity contribution < 1.29 is 4.92 Å². The van der Waals surface area contributed by atoms with E-state index in [1.807, 2.05) is 6.07 Å². The van der Waals surface area contributed by atoms with Gasteiger partial charge in [0.05, 0.1) is 16.2 Å². The lowest BCUT2D eigenvalue weighted by Gasteiger charge is -2.37. The molecule has 1 aliphatic carbocycles. The Hall–Kier alpha value is -2.13. The number of nitrogens with one attached hydrogen (secondary N) is 1. The van der Waals surface area contributed by atoms with Gasteiger partial charge in [-0.05, 0) is 33.0 Å². The van der Waals surface area contributed by atoms with E-state index in [0.717, 1.165) is 19.4 Å². The molecule has 1 fully saturated rings. The van der Waals surface area contributed by atoms with Crippen LogP contribution in [-0.4, -0.2) is 36.0 Å². The second-order valence-electron chi connectivity index (χ2n) is 5.78. The first kappa shape index (κ1) is 15.3. The number of nitro benzene ring substituents is 1. The lowest BCUT2D eigenvalue weighted by molar-refractivity contribution is -0.384. The number of non-ortho nitro benzene ring substituents is 1. The van der Waals surface area contributed by atoms with E-state index in [4.69, 9.17) is 5.26 Å². The third-order valence-electron chi connectivity index (χ3n) is 4.43. The van der Waals surface area contributed by atoms with Gasteiger partial charge in [0.2, 0.25) is 0 Å². The van der Waals surface area contributed by atoms with Crippen LogP contribution in [0.15, 0.2) is 18.2 Å². The molecule has 112 valence electrons. The van der Waals surface area contributed by atoms with Crippen molar-refractivity contribution in [3.8, 4) is 6.07 Å². The molecule has 1 saturated carbocycles. The first-order valence-corrected chi connectivity index (χ1v) is 7.08. The smallest absolute Gasteiger partial charge is 0.270 e. The highest BCUT2D eigenvalue weighted by molar-refractivity contribution is 5.61. The van der Waals surface area contributed by atoms with Crippen molar-refractivity contribution in [3.63, 3.8) is 0 Å². The summed E-state index contributed by atoms with van der Waals surface area (Å²) in [5, 5.41) is 23.2. The Bertz CT molecular complexity index is 572. The zero-order valence-electron chi connectivity index (χ0n) is 12.4. The third kappa shape index (κ3) is 3.14. The zero-order chi connectivity index (χ0) is 15.5. The van der Waals surface area contributed by atoms with Gasteiger partial charge in [0.15, 0.2) is 0 Å². The van der Waals surface area contributed by atoms with Crippen molar-refractivity contribution in [2.75, 3.05) is 26.0 Å². The molecule has 1 aromatic carbocycles. The van der Waals surface area contributed by atoms with Gasteiger partial charge in [-0.1, -0.05) is 12.8 Å². The molecular formula is C15H20N4O2. The predicted octanol–water partition coefficient (Wildman–Crippen LogP) is 2.75. The molecule has 21 heavy (non-hydrogen) atoms. The molecule has 0 spiro atoms. The minimum absolute atomic E-state index is 0.0553. The van der Waals surface area contributed by atoms with Gasteiger partial charge in [-0.15, -0.1) is 0 Å². The summed E-state index contributed by atoms with van der Waals surface area (Å²) in [5.41, 5.74) is 1.03. The van der Waals surface area contributed by atoms with E-state index >= 15 is 0 Å². The molecule has 0 atom stereocenters. The van der Waals surface area contributed by atoms with E-state index in [1.165, 1.54) is 25.0 Å². The lowest BCUT2D eigenvalue weighted by atomic mass is 9.95. The van der Waals surface area contributed by atoms with Gasteiger partial charge in [-0.3, -0.25) is 10.1 Å². The Morgan fingerprint density at radius 1 is 1.43 bits per heavy atom. The summed E-state index contributed by atoms with van der Waals surface area (Å²) in [7, 11) is 4.15. The fraction of sp³-hybridized carbons (Fsp3) is 0.533. The van der Waals surface area contributed by atoms with Crippen LogP contribution in [0.25, 0.3) is 0 Å². The largest absolute Gasteiger partial charge is 0.382 e. The summed E-state index contributed by atoms with van der Waals surface area (Å²) in [6.07, 6.45) is 4.68. The van der Waals surface area contributed by atoms with E-state index in [2.05, 4.69) is 24.3 Å². The summed E-state index contributed by atoms with van der Waals surface area (Å²) < 4.78 is 0. The third-order valence-corrected chi connectivity index (χ3v) is 4.43. The molecular weight excluding hydrogens is 268 g/mol. The lowest BCUT2D eigenvalue weighted by Crippen LogP contribution is -2.47. The van der Waals surface area contributed by atoms with Crippen molar-refractivity contribution in [1.29, 1.82) is 5.26 Å². The Balaban J connectivity index is 2.16. The molecule has 6 heteroatoms. The quantitative estimate of drug-likeness (QED) is 0.665. The number of hydrogen-bond donors (Lipinski definition) is 1. The highest BCUT2D eigenvalue weighted by Crippen LogP contribution is 2.34. The van der Waals surface area contributed by atoms with Gasteiger partial charge >= 0.3 is 0 Å². The second-order valence-corrected chi connectivity index (χ2v) is 5.78. The molecule has 1 aromatic rings. The first-order valence-electron chi connectivity index (χ1n) is 7.08. The molecule has 0 radical (unpaired) electrons. The molecule has 0 unspecified atom stereocenters. The number of rotatable bonds is 5. The topological polar surface area (TPSA) is 82.2 Å². The summed E-state index contributed by atoms with van der Waals surface area (Å²) >= 11 is 0. The normalized spacial score (nSPS) is 16.7.